The molecule has 0 spiro atoms. The standard InChI is InChI=1S/C13H17N3O2S/c1-8(19(2)18)7-15-13(17)12-6-9-5-10(14)3-4-11(9)16-12/h3-6,8,16H,7,14H2,1-2H3,(H,15,17). The highest BCUT2D eigenvalue weighted by Crippen LogP contribution is 2.18. The quantitative estimate of drug-likeness (QED) is 0.736. The first-order valence-corrected chi connectivity index (χ1v) is 7.58. The maximum Gasteiger partial charge on any atom is 0.267 e. The number of rotatable bonds is 4. The van der Waals surface area contributed by atoms with Gasteiger partial charge in [-0.25, -0.2) is 0 Å². The van der Waals surface area contributed by atoms with Gasteiger partial charge in [-0.3, -0.25) is 9.00 Å². The first-order chi connectivity index (χ1) is 8.97. The van der Waals surface area contributed by atoms with E-state index in [2.05, 4.69) is 10.3 Å². The Balaban J connectivity index is 2.11. The number of benzene rings is 1. The average molecular weight is 279 g/mol. The second-order valence-electron chi connectivity index (χ2n) is 4.55. The number of aromatic nitrogens is 1. The van der Waals surface area contributed by atoms with Crippen molar-refractivity contribution in [1.82, 2.24) is 10.3 Å². The lowest BCUT2D eigenvalue weighted by Crippen LogP contribution is -2.32. The van der Waals surface area contributed by atoms with E-state index in [1.807, 2.05) is 19.1 Å². The number of hydrogen-bond acceptors (Lipinski definition) is 3. The van der Waals surface area contributed by atoms with Crippen LogP contribution in [0.25, 0.3) is 10.9 Å². The lowest BCUT2D eigenvalue weighted by atomic mass is 10.2. The van der Waals surface area contributed by atoms with E-state index < -0.39 is 10.8 Å². The molecule has 2 aromatic rings. The zero-order valence-electron chi connectivity index (χ0n) is 10.9. The summed E-state index contributed by atoms with van der Waals surface area (Å²) in [5.74, 6) is -0.202. The highest BCUT2D eigenvalue weighted by atomic mass is 32.2. The van der Waals surface area contributed by atoms with E-state index in [1.165, 1.54) is 0 Å². The number of amides is 1. The molecule has 0 saturated heterocycles. The van der Waals surface area contributed by atoms with Gasteiger partial charge in [0.05, 0.1) is 0 Å². The molecule has 0 aliphatic carbocycles. The predicted molar refractivity (Wildman–Crippen MR) is 78.6 cm³/mol. The molecule has 1 aromatic carbocycles. The highest BCUT2D eigenvalue weighted by Gasteiger charge is 2.12. The van der Waals surface area contributed by atoms with Crippen molar-refractivity contribution in [2.75, 3.05) is 18.5 Å². The molecule has 0 fully saturated rings. The van der Waals surface area contributed by atoms with Crippen LogP contribution in [0, 0.1) is 0 Å². The van der Waals surface area contributed by atoms with Gasteiger partial charge in [-0.2, -0.15) is 0 Å². The predicted octanol–water partition coefficient (Wildman–Crippen LogP) is 1.25. The van der Waals surface area contributed by atoms with Crippen LogP contribution in [0.5, 0.6) is 0 Å². The minimum absolute atomic E-state index is 0.0658. The molecule has 5 nitrogen and oxygen atoms in total. The van der Waals surface area contributed by atoms with Gasteiger partial charge in [-0.15, -0.1) is 0 Å². The Bertz CT molecular complexity index is 636. The van der Waals surface area contributed by atoms with E-state index in [9.17, 15) is 9.00 Å². The number of hydrogen-bond donors (Lipinski definition) is 3. The van der Waals surface area contributed by atoms with E-state index in [1.54, 1.807) is 18.4 Å². The average Bonchev–Trinajstić information content (AvgIpc) is 2.78. The van der Waals surface area contributed by atoms with Crippen LogP contribution >= 0.6 is 0 Å². The lowest BCUT2D eigenvalue weighted by molar-refractivity contribution is 0.0950. The molecule has 0 aliphatic heterocycles. The Kier molecular flexibility index (Phi) is 3.90. The molecule has 102 valence electrons. The van der Waals surface area contributed by atoms with Crippen molar-refractivity contribution in [3.63, 3.8) is 0 Å². The maximum absolute atomic E-state index is 12.0. The number of carbonyl (C=O) groups is 1. The van der Waals surface area contributed by atoms with Crippen LogP contribution in [0.15, 0.2) is 24.3 Å². The summed E-state index contributed by atoms with van der Waals surface area (Å²) < 4.78 is 11.2. The molecule has 19 heavy (non-hydrogen) atoms. The second kappa shape index (κ2) is 5.44. The fraction of sp³-hybridized carbons (Fsp3) is 0.308. The maximum atomic E-state index is 12.0. The van der Waals surface area contributed by atoms with E-state index in [0.717, 1.165) is 10.9 Å². The van der Waals surface area contributed by atoms with Crippen LogP contribution in [0.3, 0.4) is 0 Å². The number of nitrogen functional groups attached to an aromatic ring is 1. The molecule has 0 radical (unpaired) electrons. The lowest BCUT2D eigenvalue weighted by Gasteiger charge is -2.08. The third kappa shape index (κ3) is 3.14. The first-order valence-electron chi connectivity index (χ1n) is 5.96. The summed E-state index contributed by atoms with van der Waals surface area (Å²) >= 11 is 0. The molecule has 2 atom stereocenters. The smallest absolute Gasteiger partial charge is 0.267 e. The summed E-state index contributed by atoms with van der Waals surface area (Å²) in [6.45, 7) is 2.22. The van der Waals surface area contributed by atoms with Crippen molar-refractivity contribution in [1.29, 1.82) is 0 Å². The SMILES string of the molecule is CC(CNC(=O)c1cc2cc(N)ccc2[nH]1)S(C)=O. The zero-order chi connectivity index (χ0) is 14.0. The van der Waals surface area contributed by atoms with Crippen LogP contribution < -0.4 is 11.1 Å². The van der Waals surface area contributed by atoms with Gasteiger partial charge in [0.2, 0.25) is 0 Å². The van der Waals surface area contributed by atoms with Gasteiger partial charge >= 0.3 is 0 Å². The van der Waals surface area contributed by atoms with Gasteiger partial charge < -0.3 is 16.0 Å². The van der Waals surface area contributed by atoms with Crippen molar-refractivity contribution >= 4 is 33.3 Å². The number of fused-ring (bicyclic) bond motifs is 1. The molecule has 0 bridgehead atoms. The highest BCUT2D eigenvalue weighted by molar-refractivity contribution is 7.84. The summed E-state index contributed by atoms with van der Waals surface area (Å²) in [7, 11) is -0.942. The van der Waals surface area contributed by atoms with E-state index in [0.29, 0.717) is 17.9 Å². The Labute approximate surface area is 114 Å². The topological polar surface area (TPSA) is 88.0 Å². The molecular formula is C13H17N3O2S. The van der Waals surface area contributed by atoms with Gasteiger partial charge in [0.25, 0.3) is 5.91 Å². The molecule has 2 unspecified atom stereocenters. The molecule has 4 N–H and O–H groups in total. The molecule has 1 aromatic heterocycles. The number of nitrogens with one attached hydrogen (secondary N) is 2. The van der Waals surface area contributed by atoms with Crippen molar-refractivity contribution in [2.45, 2.75) is 12.2 Å². The third-order valence-corrected chi connectivity index (χ3v) is 4.31. The molecule has 1 heterocycles. The van der Waals surface area contributed by atoms with Crippen LogP contribution in [-0.2, 0) is 10.8 Å². The minimum Gasteiger partial charge on any atom is -0.399 e. The van der Waals surface area contributed by atoms with Gasteiger partial charge in [-0.1, -0.05) is 0 Å². The summed E-state index contributed by atoms with van der Waals surface area (Å²) in [6.07, 6.45) is 1.63. The Morgan fingerprint density at radius 3 is 2.89 bits per heavy atom. The Morgan fingerprint density at radius 1 is 1.47 bits per heavy atom. The van der Waals surface area contributed by atoms with Gasteiger partial charge in [0.1, 0.15) is 5.69 Å². The van der Waals surface area contributed by atoms with Crippen molar-refractivity contribution < 1.29 is 9.00 Å². The van der Waals surface area contributed by atoms with Gasteiger partial charge in [0.15, 0.2) is 0 Å². The minimum atomic E-state index is -0.942. The Morgan fingerprint density at radius 2 is 2.21 bits per heavy atom. The van der Waals surface area contributed by atoms with Gasteiger partial charge in [-0.05, 0) is 31.2 Å². The summed E-state index contributed by atoms with van der Waals surface area (Å²) in [5, 5.41) is 3.60. The van der Waals surface area contributed by atoms with Crippen molar-refractivity contribution in [2.24, 2.45) is 0 Å². The largest absolute Gasteiger partial charge is 0.399 e. The fourth-order valence-electron chi connectivity index (χ4n) is 1.72. The van der Waals surface area contributed by atoms with E-state index >= 15 is 0 Å². The van der Waals surface area contributed by atoms with Crippen molar-refractivity contribution in [3.05, 3.63) is 30.0 Å². The second-order valence-corrected chi connectivity index (χ2v) is 6.35. The molecule has 6 heteroatoms. The molecule has 0 saturated carbocycles. The zero-order valence-corrected chi connectivity index (χ0v) is 11.7. The monoisotopic (exact) mass is 279 g/mol. The number of anilines is 1. The molecule has 2 rings (SSSR count). The van der Waals surface area contributed by atoms with E-state index in [4.69, 9.17) is 5.73 Å². The number of aromatic amines is 1. The summed E-state index contributed by atoms with van der Waals surface area (Å²) in [5.41, 5.74) is 7.70. The number of carbonyl (C=O) groups excluding carboxylic acids is 1. The van der Waals surface area contributed by atoms with Crippen LogP contribution in [0.2, 0.25) is 0 Å². The summed E-state index contributed by atoms with van der Waals surface area (Å²) in [6, 6.07) is 7.19. The first kappa shape index (κ1) is 13.6. The van der Waals surface area contributed by atoms with Crippen LogP contribution in [0.1, 0.15) is 17.4 Å². The normalized spacial score (nSPS) is 14.2. The molecular weight excluding hydrogens is 262 g/mol. The number of nitrogens with two attached hydrogens (primary N) is 1. The van der Waals surface area contributed by atoms with Crippen molar-refractivity contribution in [3.8, 4) is 0 Å². The van der Waals surface area contributed by atoms with Crippen LogP contribution in [-0.4, -0.2) is 33.2 Å². The van der Waals surface area contributed by atoms with Gasteiger partial charge in [0, 0.05) is 45.4 Å². The molecule has 0 aliphatic rings. The van der Waals surface area contributed by atoms with E-state index in [-0.39, 0.29) is 11.2 Å². The number of H-pyrrole nitrogens is 1. The Hall–Kier alpha value is -1.82. The van der Waals surface area contributed by atoms with Crippen LogP contribution in [0.4, 0.5) is 5.69 Å². The third-order valence-electron chi connectivity index (χ3n) is 3.01. The molecule has 1 amide bonds. The summed E-state index contributed by atoms with van der Waals surface area (Å²) in [4.78, 5) is 15.0. The fourth-order valence-corrected chi connectivity index (χ4v) is 2.04.